The highest BCUT2D eigenvalue weighted by atomic mass is 32.2. The molecule has 98 valence electrons. The van der Waals surface area contributed by atoms with Gasteiger partial charge < -0.3 is 10.1 Å². The second-order valence-electron chi connectivity index (χ2n) is 4.54. The number of nitrogens with one attached hydrogen (secondary N) is 1. The monoisotopic (exact) mass is 265 g/mol. The molecule has 1 aromatic rings. The van der Waals surface area contributed by atoms with Gasteiger partial charge in [-0.05, 0) is 36.8 Å². The molecule has 1 aliphatic heterocycles. The van der Waals surface area contributed by atoms with Crippen molar-refractivity contribution in [2.75, 3.05) is 18.2 Å². The van der Waals surface area contributed by atoms with Crippen LogP contribution < -0.4 is 5.32 Å². The predicted octanol–water partition coefficient (Wildman–Crippen LogP) is 3.17. The Morgan fingerprint density at radius 1 is 1.50 bits per heavy atom. The van der Waals surface area contributed by atoms with Crippen LogP contribution in [0.15, 0.2) is 24.3 Å². The van der Waals surface area contributed by atoms with E-state index in [1.807, 2.05) is 30.0 Å². The number of carbonyl (C=O) groups is 1. The highest BCUT2D eigenvalue weighted by molar-refractivity contribution is 8.00. The lowest BCUT2D eigenvalue weighted by atomic mass is 10.1. The second kappa shape index (κ2) is 6.14. The number of hydrogen-bond donors (Lipinski definition) is 1. The van der Waals surface area contributed by atoms with Gasteiger partial charge in [-0.1, -0.05) is 13.0 Å². The van der Waals surface area contributed by atoms with E-state index >= 15 is 0 Å². The van der Waals surface area contributed by atoms with E-state index in [-0.39, 0.29) is 5.97 Å². The Bertz CT molecular complexity index is 422. The van der Waals surface area contributed by atoms with Crippen LogP contribution in [0.4, 0.5) is 5.69 Å². The molecule has 1 heterocycles. The van der Waals surface area contributed by atoms with Gasteiger partial charge >= 0.3 is 5.97 Å². The number of esters is 1. The number of ether oxygens (including phenoxy) is 1. The zero-order chi connectivity index (χ0) is 13.0. The fourth-order valence-corrected chi connectivity index (χ4v) is 3.32. The third kappa shape index (κ3) is 3.19. The minimum absolute atomic E-state index is 0.287. The van der Waals surface area contributed by atoms with Crippen molar-refractivity contribution in [2.45, 2.75) is 31.1 Å². The molecular formula is C14H19NO2S. The zero-order valence-corrected chi connectivity index (χ0v) is 11.6. The Kier molecular flexibility index (Phi) is 4.53. The van der Waals surface area contributed by atoms with Crippen LogP contribution in [0, 0.1) is 0 Å². The Labute approximate surface area is 112 Å². The Hall–Kier alpha value is -1.16. The first-order valence-corrected chi connectivity index (χ1v) is 7.32. The number of rotatable bonds is 3. The molecule has 0 spiro atoms. The Morgan fingerprint density at radius 2 is 2.33 bits per heavy atom. The van der Waals surface area contributed by atoms with Gasteiger partial charge in [-0.15, -0.1) is 0 Å². The van der Waals surface area contributed by atoms with Gasteiger partial charge in [0.2, 0.25) is 0 Å². The molecule has 4 heteroatoms. The van der Waals surface area contributed by atoms with Gasteiger partial charge in [-0.3, -0.25) is 0 Å². The van der Waals surface area contributed by atoms with Gasteiger partial charge in [0.05, 0.1) is 12.7 Å². The first kappa shape index (κ1) is 13.3. The van der Waals surface area contributed by atoms with Crippen LogP contribution >= 0.6 is 11.8 Å². The standard InChI is InChI=1S/C14H19NO2S/c1-10-13(7-4-8-18-10)15-12-6-3-5-11(9-12)14(16)17-2/h3,5-6,9-10,13,15H,4,7-8H2,1-2H3. The molecule has 0 saturated carbocycles. The van der Waals surface area contributed by atoms with Crippen LogP contribution in [0.5, 0.6) is 0 Å². The summed E-state index contributed by atoms with van der Waals surface area (Å²) >= 11 is 2.01. The lowest BCUT2D eigenvalue weighted by Gasteiger charge is -2.30. The van der Waals surface area contributed by atoms with Crippen molar-refractivity contribution in [1.29, 1.82) is 0 Å². The SMILES string of the molecule is COC(=O)c1cccc(NC2CCCSC2C)c1. The molecule has 3 nitrogen and oxygen atoms in total. The molecule has 1 N–H and O–H groups in total. The fourth-order valence-electron chi connectivity index (χ4n) is 2.18. The summed E-state index contributed by atoms with van der Waals surface area (Å²) in [7, 11) is 1.41. The van der Waals surface area contributed by atoms with Crippen LogP contribution in [0.25, 0.3) is 0 Å². The van der Waals surface area contributed by atoms with Crippen LogP contribution in [0.2, 0.25) is 0 Å². The summed E-state index contributed by atoms with van der Waals surface area (Å²) in [6.45, 7) is 2.26. The Balaban J connectivity index is 2.06. The van der Waals surface area contributed by atoms with E-state index in [4.69, 9.17) is 4.74 Å². The number of hydrogen-bond acceptors (Lipinski definition) is 4. The second-order valence-corrected chi connectivity index (χ2v) is 6.03. The van der Waals surface area contributed by atoms with Crippen molar-refractivity contribution in [1.82, 2.24) is 0 Å². The molecule has 0 aromatic heterocycles. The van der Waals surface area contributed by atoms with Gasteiger partial charge in [0.1, 0.15) is 0 Å². The zero-order valence-electron chi connectivity index (χ0n) is 10.8. The van der Waals surface area contributed by atoms with Crippen molar-refractivity contribution >= 4 is 23.4 Å². The average molecular weight is 265 g/mol. The van der Waals surface area contributed by atoms with Crippen molar-refractivity contribution in [3.63, 3.8) is 0 Å². The lowest BCUT2D eigenvalue weighted by Crippen LogP contribution is -2.32. The predicted molar refractivity (Wildman–Crippen MR) is 76.3 cm³/mol. The molecule has 2 atom stereocenters. The highest BCUT2D eigenvalue weighted by Gasteiger charge is 2.21. The normalized spacial score (nSPS) is 23.4. The summed E-state index contributed by atoms with van der Waals surface area (Å²) in [5.74, 6) is 0.964. The van der Waals surface area contributed by atoms with Crippen molar-refractivity contribution < 1.29 is 9.53 Å². The Morgan fingerprint density at radius 3 is 3.06 bits per heavy atom. The molecule has 1 aromatic carbocycles. The summed E-state index contributed by atoms with van der Waals surface area (Å²) in [6, 6.07) is 8.00. The van der Waals surface area contributed by atoms with E-state index in [0.717, 1.165) is 5.69 Å². The first-order valence-electron chi connectivity index (χ1n) is 6.27. The van der Waals surface area contributed by atoms with Crippen LogP contribution in [0.1, 0.15) is 30.1 Å². The van der Waals surface area contributed by atoms with Crippen molar-refractivity contribution in [3.8, 4) is 0 Å². The van der Waals surface area contributed by atoms with E-state index in [2.05, 4.69) is 12.2 Å². The summed E-state index contributed by atoms with van der Waals surface area (Å²) in [5.41, 5.74) is 1.59. The molecule has 0 bridgehead atoms. The summed E-state index contributed by atoms with van der Waals surface area (Å²) in [6.07, 6.45) is 2.44. The highest BCUT2D eigenvalue weighted by Crippen LogP contribution is 2.27. The minimum Gasteiger partial charge on any atom is -0.465 e. The molecule has 2 rings (SSSR count). The topological polar surface area (TPSA) is 38.3 Å². The largest absolute Gasteiger partial charge is 0.465 e. The van der Waals surface area contributed by atoms with Gasteiger partial charge in [0.25, 0.3) is 0 Å². The molecule has 0 amide bonds. The van der Waals surface area contributed by atoms with E-state index in [1.54, 1.807) is 6.07 Å². The molecule has 1 aliphatic rings. The third-order valence-electron chi connectivity index (χ3n) is 3.24. The molecule has 0 radical (unpaired) electrons. The third-order valence-corrected chi connectivity index (χ3v) is 4.62. The van der Waals surface area contributed by atoms with E-state index < -0.39 is 0 Å². The summed E-state index contributed by atoms with van der Waals surface area (Å²) < 4.78 is 4.73. The molecule has 2 unspecified atom stereocenters. The van der Waals surface area contributed by atoms with Gasteiger partial charge in [-0.25, -0.2) is 4.79 Å². The number of methoxy groups -OCH3 is 1. The number of anilines is 1. The van der Waals surface area contributed by atoms with Crippen molar-refractivity contribution in [2.24, 2.45) is 0 Å². The maximum Gasteiger partial charge on any atom is 0.337 e. The average Bonchev–Trinajstić information content (AvgIpc) is 2.41. The van der Waals surface area contributed by atoms with E-state index in [1.165, 1.54) is 25.7 Å². The van der Waals surface area contributed by atoms with Gasteiger partial charge in [0.15, 0.2) is 0 Å². The smallest absolute Gasteiger partial charge is 0.337 e. The summed E-state index contributed by atoms with van der Waals surface area (Å²) in [5, 5.41) is 4.13. The number of carbonyl (C=O) groups excluding carboxylic acids is 1. The molecule has 1 fully saturated rings. The summed E-state index contributed by atoms with van der Waals surface area (Å²) in [4.78, 5) is 11.5. The van der Waals surface area contributed by atoms with Crippen LogP contribution in [0.3, 0.4) is 0 Å². The van der Waals surface area contributed by atoms with E-state index in [0.29, 0.717) is 16.9 Å². The molecule has 18 heavy (non-hydrogen) atoms. The fraction of sp³-hybridized carbons (Fsp3) is 0.500. The van der Waals surface area contributed by atoms with Crippen LogP contribution in [-0.2, 0) is 4.74 Å². The quantitative estimate of drug-likeness (QED) is 0.852. The van der Waals surface area contributed by atoms with Gasteiger partial charge in [-0.2, -0.15) is 11.8 Å². The number of benzene rings is 1. The van der Waals surface area contributed by atoms with Crippen LogP contribution in [-0.4, -0.2) is 30.1 Å². The lowest BCUT2D eigenvalue weighted by molar-refractivity contribution is 0.0601. The maximum absolute atomic E-state index is 11.5. The molecule has 1 saturated heterocycles. The van der Waals surface area contributed by atoms with Crippen molar-refractivity contribution in [3.05, 3.63) is 29.8 Å². The molecular weight excluding hydrogens is 246 g/mol. The number of thioether (sulfide) groups is 1. The van der Waals surface area contributed by atoms with Gasteiger partial charge in [0, 0.05) is 17.0 Å². The minimum atomic E-state index is -0.287. The molecule has 0 aliphatic carbocycles. The maximum atomic E-state index is 11.5. The van der Waals surface area contributed by atoms with E-state index in [9.17, 15) is 4.79 Å². The first-order chi connectivity index (χ1) is 8.70.